The fraction of sp³-hybridized carbons (Fsp3) is 0.240. The molecule has 0 aliphatic rings. The maximum Gasteiger partial charge on any atom is 0.261 e. The number of ether oxygens (including phenoxy) is 2. The van der Waals surface area contributed by atoms with Gasteiger partial charge in [-0.2, -0.15) is 0 Å². The molecule has 3 aromatic rings. The van der Waals surface area contributed by atoms with Crippen LogP contribution in [0.25, 0.3) is 0 Å². The molecule has 0 atom stereocenters. The molecule has 0 fully saturated rings. The molecule has 0 unspecified atom stereocenters. The highest BCUT2D eigenvalue weighted by Crippen LogP contribution is 2.21. The second-order valence-corrected chi connectivity index (χ2v) is 9.55. The van der Waals surface area contributed by atoms with Gasteiger partial charge in [-0.3, -0.25) is 9.52 Å². The third-order valence-corrected chi connectivity index (χ3v) is 6.24. The predicted octanol–water partition coefficient (Wildman–Crippen LogP) is 5.17. The number of nitrogens with one attached hydrogen (secondary N) is 2. The van der Waals surface area contributed by atoms with Crippen molar-refractivity contribution in [3.05, 3.63) is 78.4 Å². The highest BCUT2D eigenvalue weighted by molar-refractivity contribution is 7.92. The van der Waals surface area contributed by atoms with Crippen molar-refractivity contribution in [3.63, 3.8) is 0 Å². The van der Waals surface area contributed by atoms with Gasteiger partial charge >= 0.3 is 0 Å². The zero-order chi connectivity index (χ0) is 23.8. The summed E-state index contributed by atoms with van der Waals surface area (Å²) in [4.78, 5) is 12.6. The Kier molecular flexibility index (Phi) is 7.95. The molecule has 0 aromatic heterocycles. The zero-order valence-electron chi connectivity index (χ0n) is 18.9. The first-order valence-electron chi connectivity index (χ1n) is 10.6. The molecule has 0 saturated carbocycles. The molecule has 3 aromatic carbocycles. The van der Waals surface area contributed by atoms with Crippen molar-refractivity contribution >= 4 is 27.3 Å². The van der Waals surface area contributed by atoms with E-state index in [0.29, 0.717) is 41.0 Å². The van der Waals surface area contributed by atoms with Crippen molar-refractivity contribution in [1.29, 1.82) is 0 Å². The van der Waals surface area contributed by atoms with E-state index in [-0.39, 0.29) is 10.8 Å². The van der Waals surface area contributed by atoms with Gasteiger partial charge in [0.25, 0.3) is 15.9 Å². The number of hydrogen-bond acceptors (Lipinski definition) is 5. The number of carbonyl (C=O) groups is 1. The average Bonchev–Trinajstić information content (AvgIpc) is 2.80. The summed E-state index contributed by atoms with van der Waals surface area (Å²) in [6, 6.07) is 19.4. The van der Waals surface area contributed by atoms with Crippen LogP contribution in [0.5, 0.6) is 11.5 Å². The van der Waals surface area contributed by atoms with E-state index >= 15 is 0 Å². The molecule has 0 heterocycles. The second kappa shape index (κ2) is 10.9. The minimum absolute atomic E-state index is 0.0826. The number of rotatable bonds is 10. The third-order valence-electron chi connectivity index (χ3n) is 4.85. The summed E-state index contributed by atoms with van der Waals surface area (Å²) in [6.07, 6.45) is 0.962. The van der Waals surface area contributed by atoms with Gasteiger partial charge in [0.1, 0.15) is 11.5 Å². The molecular formula is C25H28N2O5S. The monoisotopic (exact) mass is 468 g/mol. The van der Waals surface area contributed by atoms with E-state index in [2.05, 4.69) is 23.9 Å². The number of hydrogen-bond donors (Lipinski definition) is 2. The lowest BCUT2D eigenvalue weighted by molar-refractivity contribution is 0.102. The van der Waals surface area contributed by atoms with Crippen LogP contribution in [-0.4, -0.2) is 28.0 Å². The van der Waals surface area contributed by atoms with Crippen LogP contribution in [0.4, 0.5) is 11.4 Å². The summed E-state index contributed by atoms with van der Waals surface area (Å²) >= 11 is 0. The molecule has 0 saturated heterocycles. The van der Waals surface area contributed by atoms with Crippen LogP contribution >= 0.6 is 0 Å². The van der Waals surface area contributed by atoms with E-state index in [4.69, 9.17) is 9.47 Å². The molecule has 8 heteroatoms. The average molecular weight is 469 g/mol. The first-order chi connectivity index (χ1) is 15.8. The van der Waals surface area contributed by atoms with Crippen LogP contribution in [0.3, 0.4) is 0 Å². The Morgan fingerprint density at radius 1 is 0.848 bits per heavy atom. The smallest absolute Gasteiger partial charge is 0.261 e. The van der Waals surface area contributed by atoms with Gasteiger partial charge in [0, 0.05) is 16.9 Å². The highest BCUT2D eigenvalue weighted by atomic mass is 32.2. The van der Waals surface area contributed by atoms with Crippen LogP contribution in [0, 0.1) is 5.92 Å². The number of amides is 1. The van der Waals surface area contributed by atoms with Crippen molar-refractivity contribution in [3.8, 4) is 11.5 Å². The highest BCUT2D eigenvalue weighted by Gasteiger charge is 2.15. The molecule has 2 N–H and O–H groups in total. The maximum atomic E-state index is 12.6. The van der Waals surface area contributed by atoms with Crippen LogP contribution in [0.15, 0.2) is 77.7 Å². The van der Waals surface area contributed by atoms with Gasteiger partial charge in [-0.15, -0.1) is 0 Å². The Balaban J connectivity index is 1.59. The summed E-state index contributed by atoms with van der Waals surface area (Å²) in [5.74, 6) is 1.61. The van der Waals surface area contributed by atoms with E-state index in [1.165, 1.54) is 19.2 Å². The Labute approximate surface area is 194 Å². The number of benzene rings is 3. The molecule has 3 rings (SSSR count). The Bertz CT molecular complexity index is 1160. The lowest BCUT2D eigenvalue weighted by Gasteiger charge is -2.11. The van der Waals surface area contributed by atoms with Crippen molar-refractivity contribution in [2.75, 3.05) is 23.8 Å². The number of sulfonamides is 1. The van der Waals surface area contributed by atoms with Crippen molar-refractivity contribution < 1.29 is 22.7 Å². The van der Waals surface area contributed by atoms with E-state index in [1.807, 2.05) is 0 Å². The van der Waals surface area contributed by atoms with Gasteiger partial charge < -0.3 is 14.8 Å². The van der Waals surface area contributed by atoms with Gasteiger partial charge in [-0.05, 0) is 85.1 Å². The van der Waals surface area contributed by atoms with E-state index < -0.39 is 10.0 Å². The lowest BCUT2D eigenvalue weighted by Crippen LogP contribution is -2.14. The predicted molar refractivity (Wildman–Crippen MR) is 130 cm³/mol. The molecule has 0 bridgehead atoms. The summed E-state index contributed by atoms with van der Waals surface area (Å²) in [7, 11) is -2.23. The zero-order valence-corrected chi connectivity index (χ0v) is 19.7. The summed E-state index contributed by atoms with van der Waals surface area (Å²) in [6.45, 7) is 4.90. The molecular weight excluding hydrogens is 440 g/mol. The fourth-order valence-electron chi connectivity index (χ4n) is 2.91. The van der Waals surface area contributed by atoms with Crippen molar-refractivity contribution in [1.82, 2.24) is 0 Å². The molecule has 0 radical (unpaired) electrons. The van der Waals surface area contributed by atoms with Crippen molar-refractivity contribution in [2.45, 2.75) is 25.2 Å². The topological polar surface area (TPSA) is 93.7 Å². The van der Waals surface area contributed by atoms with Gasteiger partial charge in [-0.1, -0.05) is 13.8 Å². The Hall–Kier alpha value is -3.52. The summed E-state index contributed by atoms with van der Waals surface area (Å²) in [5.41, 5.74) is 1.38. The largest absolute Gasteiger partial charge is 0.497 e. The fourth-order valence-corrected chi connectivity index (χ4v) is 3.97. The second-order valence-electron chi connectivity index (χ2n) is 7.87. The molecule has 0 aliphatic heterocycles. The molecule has 1 amide bonds. The molecule has 0 aliphatic carbocycles. The Morgan fingerprint density at radius 3 is 2.00 bits per heavy atom. The van der Waals surface area contributed by atoms with Crippen LogP contribution in [0.2, 0.25) is 0 Å². The van der Waals surface area contributed by atoms with Crippen LogP contribution in [-0.2, 0) is 10.0 Å². The minimum atomic E-state index is -3.77. The normalized spacial score (nSPS) is 11.2. The molecule has 7 nitrogen and oxygen atoms in total. The first kappa shape index (κ1) is 24.1. The first-order valence-corrected chi connectivity index (χ1v) is 12.1. The lowest BCUT2D eigenvalue weighted by atomic mass is 10.1. The molecule has 174 valence electrons. The van der Waals surface area contributed by atoms with Crippen LogP contribution < -0.4 is 19.5 Å². The summed E-state index contributed by atoms with van der Waals surface area (Å²) < 4.78 is 38.5. The molecule has 33 heavy (non-hydrogen) atoms. The maximum absolute atomic E-state index is 12.6. The molecule has 0 spiro atoms. The Morgan fingerprint density at radius 2 is 1.42 bits per heavy atom. The van der Waals surface area contributed by atoms with Gasteiger partial charge in [0.05, 0.1) is 18.6 Å². The number of anilines is 2. The number of methoxy groups -OCH3 is 1. The van der Waals surface area contributed by atoms with Gasteiger partial charge in [-0.25, -0.2) is 8.42 Å². The van der Waals surface area contributed by atoms with E-state index in [1.54, 1.807) is 60.7 Å². The standard InChI is InChI=1S/C25H28N2O5S/c1-18(2)16-17-32-23-10-4-19(5-11-23)25(28)26-20-8-14-24(15-9-20)33(29,30)27-21-6-12-22(31-3)13-7-21/h4-15,18,27H,16-17H2,1-3H3,(H,26,28). The third kappa shape index (κ3) is 6.98. The minimum Gasteiger partial charge on any atom is -0.497 e. The summed E-state index contributed by atoms with van der Waals surface area (Å²) in [5, 5.41) is 2.77. The quantitative estimate of drug-likeness (QED) is 0.428. The van der Waals surface area contributed by atoms with E-state index in [0.717, 1.165) is 6.42 Å². The van der Waals surface area contributed by atoms with Crippen molar-refractivity contribution in [2.24, 2.45) is 5.92 Å². The number of carbonyl (C=O) groups excluding carboxylic acids is 1. The van der Waals surface area contributed by atoms with Gasteiger partial charge in [0.15, 0.2) is 0 Å². The van der Waals surface area contributed by atoms with Crippen LogP contribution in [0.1, 0.15) is 30.6 Å². The SMILES string of the molecule is COc1ccc(NS(=O)(=O)c2ccc(NC(=O)c3ccc(OCCC(C)C)cc3)cc2)cc1. The van der Waals surface area contributed by atoms with Gasteiger partial charge in [0.2, 0.25) is 0 Å². The van der Waals surface area contributed by atoms with E-state index in [9.17, 15) is 13.2 Å².